The van der Waals surface area contributed by atoms with Crippen LogP contribution in [-0.2, 0) is 28.5 Å². The number of carbonyl (C=O) groups is 4. The zero-order valence-electron chi connectivity index (χ0n) is 50.6. The molecule has 1 saturated heterocycles. The summed E-state index contributed by atoms with van der Waals surface area (Å²) in [7, 11) is 0. The zero-order chi connectivity index (χ0) is 55.5. The highest BCUT2D eigenvalue weighted by Gasteiger charge is 2.26. The van der Waals surface area contributed by atoms with Gasteiger partial charge in [-0.3, -0.25) is 14.5 Å². The fourth-order valence-corrected chi connectivity index (χ4v) is 10.6. The van der Waals surface area contributed by atoms with E-state index in [0.717, 1.165) is 129 Å². The zero-order valence-corrected chi connectivity index (χ0v) is 50.6. The van der Waals surface area contributed by atoms with Crippen molar-refractivity contribution in [2.75, 3.05) is 91.9 Å². The topological polar surface area (TPSA) is 138 Å². The van der Waals surface area contributed by atoms with Gasteiger partial charge in [0.25, 0.3) is 0 Å². The molecule has 0 saturated carbocycles. The molecule has 0 bridgehead atoms. The lowest BCUT2D eigenvalue weighted by Gasteiger charge is -2.38. The molecule has 0 spiro atoms. The Bertz CT molecular complexity index is 1240. The number of piperidine rings is 1. The molecule has 0 aromatic rings. The molecule has 0 aliphatic carbocycles. The molecule has 13 heteroatoms. The van der Waals surface area contributed by atoms with Crippen LogP contribution in [0.15, 0.2) is 0 Å². The van der Waals surface area contributed by atoms with E-state index in [4.69, 9.17) is 18.9 Å². The Morgan fingerprint density at radius 2 is 0.763 bits per heavy atom. The quantitative estimate of drug-likeness (QED) is 0.0354. The number of esters is 2. The minimum atomic E-state index is -0.285. The first-order valence-corrected chi connectivity index (χ1v) is 32.4. The molecular weight excluding hydrogens is 957 g/mol. The summed E-state index contributed by atoms with van der Waals surface area (Å²) in [6.07, 6.45) is 37.0. The molecule has 2 amide bonds. The number of nitrogens with zero attached hydrogens (tertiary/aromatic N) is 4. The maximum Gasteiger partial charge on any atom is 0.409 e. The van der Waals surface area contributed by atoms with Crippen molar-refractivity contribution >= 4 is 24.1 Å². The van der Waals surface area contributed by atoms with Gasteiger partial charge in [-0.2, -0.15) is 0 Å². The molecule has 0 atom stereocenters. The number of hydrogen-bond acceptors (Lipinski definition) is 11. The molecule has 13 nitrogen and oxygen atoms in total. The average molecular weight is 1080 g/mol. The number of ether oxygens (including phenoxy) is 4. The van der Waals surface area contributed by atoms with E-state index in [1.54, 1.807) is 0 Å². The van der Waals surface area contributed by atoms with Gasteiger partial charge >= 0.3 is 24.1 Å². The number of rotatable bonds is 53. The van der Waals surface area contributed by atoms with E-state index in [1.165, 1.54) is 103 Å². The van der Waals surface area contributed by atoms with E-state index in [9.17, 15) is 24.3 Å². The van der Waals surface area contributed by atoms with Gasteiger partial charge in [0.05, 0.1) is 19.8 Å². The highest BCUT2D eigenvalue weighted by atomic mass is 16.6. The monoisotopic (exact) mass is 1080 g/mol. The summed E-state index contributed by atoms with van der Waals surface area (Å²) in [6.45, 7) is 21.1. The summed E-state index contributed by atoms with van der Waals surface area (Å²) in [5, 5.41) is 9.60. The predicted molar refractivity (Wildman–Crippen MR) is 314 cm³/mol. The second-order valence-electron chi connectivity index (χ2n) is 22.6. The lowest BCUT2D eigenvalue weighted by Crippen LogP contribution is -2.48. The molecule has 1 rings (SSSR count). The van der Waals surface area contributed by atoms with Crippen LogP contribution in [0.5, 0.6) is 0 Å². The maximum atomic E-state index is 13.7. The molecule has 0 unspecified atom stereocenters. The summed E-state index contributed by atoms with van der Waals surface area (Å²) < 4.78 is 23.7. The highest BCUT2D eigenvalue weighted by molar-refractivity contribution is 5.70. The minimum absolute atomic E-state index is 0.104. The van der Waals surface area contributed by atoms with Crippen molar-refractivity contribution in [3.8, 4) is 0 Å². The second kappa shape index (κ2) is 51.8. The van der Waals surface area contributed by atoms with Crippen LogP contribution < -0.4 is 0 Å². The number of aliphatic hydroxyl groups is 1. The average Bonchev–Trinajstić information content (AvgIpc) is 3.42. The third-order valence-corrected chi connectivity index (χ3v) is 15.7. The summed E-state index contributed by atoms with van der Waals surface area (Å²) >= 11 is 0. The van der Waals surface area contributed by atoms with Crippen LogP contribution in [0, 0.1) is 11.8 Å². The Balaban J connectivity index is 2.83. The SMILES string of the molecule is CCCCCCCN(CCCCCC(=O)OCC(CCCCC)CCCCC)C(=O)OCCN(CCOC(=O)N(CCCCCCC)CCCCCC(=O)OCC(CCCCC)CCCCC)C1CCN(CCO)CC1. The smallest absolute Gasteiger partial charge is 0.409 e. The van der Waals surface area contributed by atoms with Crippen molar-refractivity contribution in [1.29, 1.82) is 0 Å². The Morgan fingerprint density at radius 3 is 1.11 bits per heavy atom. The summed E-state index contributed by atoms with van der Waals surface area (Å²) in [5.74, 6) is 0.710. The van der Waals surface area contributed by atoms with E-state index >= 15 is 0 Å². The lowest BCUT2D eigenvalue weighted by molar-refractivity contribution is -0.146. The van der Waals surface area contributed by atoms with Gasteiger partial charge < -0.3 is 38.8 Å². The standard InChI is InChI=1S/C63H122N4O9/c1-7-13-19-21-31-43-66(45-33-23-29-39-60(69)75-55-57(35-25-15-9-3)36-26-16-10-4)62(71)73-53-50-65(59-41-47-64(48-42-59)49-52-68)51-54-74-63(72)67(44-32-22-20-14-8-2)46-34-24-30-40-61(70)76-56-58(37-27-17-11-5)38-28-18-12-6/h57-59,68H,7-56H2,1-6H3. The summed E-state index contributed by atoms with van der Waals surface area (Å²) in [4.78, 5) is 61.4. The largest absolute Gasteiger partial charge is 0.465 e. The van der Waals surface area contributed by atoms with Gasteiger partial charge in [0, 0.05) is 64.7 Å². The molecule has 1 aliphatic heterocycles. The number of β-amino-alcohol motifs (C(OH)–C–C–N with tert-alkyl or cyclic N) is 1. The molecule has 0 radical (unpaired) electrons. The van der Waals surface area contributed by atoms with Crippen LogP contribution in [0.2, 0.25) is 0 Å². The third-order valence-electron chi connectivity index (χ3n) is 15.7. The van der Waals surface area contributed by atoms with Crippen molar-refractivity contribution in [3.05, 3.63) is 0 Å². The van der Waals surface area contributed by atoms with Crippen LogP contribution in [0.3, 0.4) is 0 Å². The number of likely N-dealkylation sites (tertiary alicyclic amines) is 1. The molecular formula is C63H122N4O9. The van der Waals surface area contributed by atoms with E-state index < -0.39 is 0 Å². The molecule has 448 valence electrons. The van der Waals surface area contributed by atoms with Crippen molar-refractivity contribution in [1.82, 2.24) is 19.6 Å². The molecule has 1 N–H and O–H groups in total. The van der Waals surface area contributed by atoms with E-state index in [-0.39, 0.29) is 50.0 Å². The van der Waals surface area contributed by atoms with Gasteiger partial charge in [-0.25, -0.2) is 9.59 Å². The number of unbranched alkanes of at least 4 members (excludes halogenated alkanes) is 20. The molecule has 1 heterocycles. The number of carbonyl (C=O) groups excluding carboxylic acids is 4. The van der Waals surface area contributed by atoms with Crippen molar-refractivity contribution < 1.29 is 43.2 Å². The minimum Gasteiger partial charge on any atom is -0.465 e. The van der Waals surface area contributed by atoms with Gasteiger partial charge in [-0.15, -0.1) is 0 Å². The van der Waals surface area contributed by atoms with Crippen LogP contribution in [0.4, 0.5) is 9.59 Å². The summed E-state index contributed by atoms with van der Waals surface area (Å²) in [5.41, 5.74) is 0. The van der Waals surface area contributed by atoms with E-state index in [0.29, 0.717) is 83.7 Å². The molecule has 76 heavy (non-hydrogen) atoms. The Kier molecular flexibility index (Phi) is 48.6. The van der Waals surface area contributed by atoms with Crippen LogP contribution in [0.1, 0.15) is 273 Å². The third kappa shape index (κ3) is 39.7. The Morgan fingerprint density at radius 1 is 0.434 bits per heavy atom. The predicted octanol–water partition coefficient (Wildman–Crippen LogP) is 15.3. The fourth-order valence-electron chi connectivity index (χ4n) is 10.6. The maximum absolute atomic E-state index is 13.7. The van der Waals surface area contributed by atoms with Crippen molar-refractivity contribution in [2.45, 2.75) is 279 Å². The first-order chi connectivity index (χ1) is 37.1. The van der Waals surface area contributed by atoms with Crippen molar-refractivity contribution in [3.63, 3.8) is 0 Å². The van der Waals surface area contributed by atoms with Gasteiger partial charge in [0.1, 0.15) is 13.2 Å². The summed E-state index contributed by atoms with van der Waals surface area (Å²) in [6, 6.07) is 0.246. The van der Waals surface area contributed by atoms with Gasteiger partial charge in [-0.05, 0) is 102 Å². The van der Waals surface area contributed by atoms with Gasteiger partial charge in [0.15, 0.2) is 0 Å². The molecule has 0 aromatic heterocycles. The molecule has 0 aromatic carbocycles. The van der Waals surface area contributed by atoms with Crippen LogP contribution in [0.25, 0.3) is 0 Å². The molecule has 1 aliphatic rings. The number of hydrogen-bond donors (Lipinski definition) is 1. The normalized spacial score (nSPS) is 13.2. The van der Waals surface area contributed by atoms with Gasteiger partial charge in [-0.1, -0.05) is 183 Å². The highest BCUT2D eigenvalue weighted by Crippen LogP contribution is 2.22. The van der Waals surface area contributed by atoms with E-state index in [1.807, 2.05) is 9.80 Å². The first-order valence-electron chi connectivity index (χ1n) is 32.4. The van der Waals surface area contributed by atoms with Crippen LogP contribution in [-0.4, -0.2) is 147 Å². The van der Waals surface area contributed by atoms with Gasteiger partial charge in [0.2, 0.25) is 0 Å². The fraction of sp³-hybridized carbons (Fsp3) is 0.937. The molecule has 1 fully saturated rings. The Labute approximate surface area is 467 Å². The van der Waals surface area contributed by atoms with Crippen molar-refractivity contribution in [2.24, 2.45) is 11.8 Å². The first kappa shape index (κ1) is 71.4. The lowest BCUT2D eigenvalue weighted by atomic mass is 9.96. The number of amides is 2. The van der Waals surface area contributed by atoms with Crippen LogP contribution >= 0.6 is 0 Å². The second-order valence-corrected chi connectivity index (χ2v) is 22.6. The van der Waals surface area contributed by atoms with E-state index in [2.05, 4.69) is 51.3 Å². The number of aliphatic hydroxyl groups excluding tert-OH is 1. The Hall–Kier alpha value is -2.64.